The average molecular weight is 388 g/mol. The molecule has 0 aromatic heterocycles. The van der Waals surface area contributed by atoms with E-state index >= 15 is 0 Å². The van der Waals surface area contributed by atoms with E-state index in [1.165, 1.54) is 12.1 Å². The van der Waals surface area contributed by atoms with Crippen molar-refractivity contribution in [1.82, 2.24) is 0 Å². The quantitative estimate of drug-likeness (QED) is 0.451. The number of fused-ring (bicyclic) bond motifs is 2. The highest BCUT2D eigenvalue weighted by molar-refractivity contribution is 7.88. The molecule has 9 heteroatoms. The molecule has 4 nitrogen and oxygen atoms in total. The number of hydrogen-bond donors (Lipinski definition) is 0. The smallest absolute Gasteiger partial charge is 0.489 e. The van der Waals surface area contributed by atoms with Crippen LogP contribution in [0.3, 0.4) is 0 Å². The van der Waals surface area contributed by atoms with Crippen molar-refractivity contribution in [3.8, 4) is 11.5 Å². The van der Waals surface area contributed by atoms with Crippen molar-refractivity contribution in [3.63, 3.8) is 0 Å². The van der Waals surface area contributed by atoms with Gasteiger partial charge in [0.25, 0.3) is 0 Å². The SMILES string of the molecule is C[Si]1(C)c2ccccc2COc2cccc(OS(=O)(=O)C(F)(F)F)c21. The minimum Gasteiger partial charge on any atom is -0.489 e. The topological polar surface area (TPSA) is 52.6 Å². The molecule has 0 radical (unpaired) electrons. The maximum atomic E-state index is 12.7. The third kappa shape index (κ3) is 3.02. The summed E-state index contributed by atoms with van der Waals surface area (Å²) in [4.78, 5) is 0. The molecule has 1 aliphatic rings. The molecule has 0 saturated carbocycles. The van der Waals surface area contributed by atoms with E-state index in [2.05, 4.69) is 4.18 Å². The number of hydrogen-bond acceptors (Lipinski definition) is 4. The second kappa shape index (κ2) is 5.77. The van der Waals surface area contributed by atoms with Gasteiger partial charge in [-0.25, -0.2) is 0 Å². The van der Waals surface area contributed by atoms with E-state index in [9.17, 15) is 21.6 Å². The molecule has 1 aliphatic heterocycles. The van der Waals surface area contributed by atoms with Gasteiger partial charge in [-0.05, 0) is 22.9 Å². The maximum absolute atomic E-state index is 12.7. The normalized spacial score (nSPS) is 16.2. The van der Waals surface area contributed by atoms with Crippen molar-refractivity contribution < 1.29 is 30.5 Å². The molecule has 0 N–H and O–H groups in total. The standard InChI is InChI=1S/C16H15F3O4SSi/c1-25(2)14-9-4-3-6-11(14)10-22-12-7-5-8-13(15(12)25)23-24(20,21)16(17,18)19/h3-9H,10H2,1-2H3. The lowest BCUT2D eigenvalue weighted by molar-refractivity contribution is -0.0499. The molecule has 0 aliphatic carbocycles. The van der Waals surface area contributed by atoms with Crippen LogP contribution in [0.25, 0.3) is 0 Å². The van der Waals surface area contributed by atoms with E-state index in [0.29, 0.717) is 10.9 Å². The van der Waals surface area contributed by atoms with Crippen LogP contribution in [0.5, 0.6) is 11.5 Å². The van der Waals surface area contributed by atoms with Crippen molar-refractivity contribution in [1.29, 1.82) is 0 Å². The summed E-state index contributed by atoms with van der Waals surface area (Å²) in [5.74, 6) is 0.0194. The summed E-state index contributed by atoms with van der Waals surface area (Å²) in [5.41, 5.74) is -4.56. The fourth-order valence-electron chi connectivity index (χ4n) is 3.03. The number of alkyl halides is 3. The second-order valence-corrected chi connectivity index (χ2v) is 12.0. The summed E-state index contributed by atoms with van der Waals surface area (Å²) in [6, 6.07) is 11.7. The van der Waals surface area contributed by atoms with Gasteiger partial charge in [-0.15, -0.1) is 0 Å². The van der Waals surface area contributed by atoms with E-state index in [1.54, 1.807) is 6.07 Å². The molecule has 2 aromatic carbocycles. The minimum absolute atomic E-state index is 0.259. The second-order valence-electron chi connectivity index (χ2n) is 6.18. The first-order valence-electron chi connectivity index (χ1n) is 7.39. The Bertz CT molecular complexity index is 923. The molecular formula is C16H15F3O4SSi. The minimum atomic E-state index is -5.76. The first-order chi connectivity index (χ1) is 11.5. The average Bonchev–Trinajstić information content (AvgIpc) is 2.62. The van der Waals surface area contributed by atoms with Crippen LogP contribution in [-0.2, 0) is 16.7 Å². The number of rotatable bonds is 2. The molecule has 0 spiro atoms. The predicted octanol–water partition coefficient (Wildman–Crippen LogP) is 2.63. The first kappa shape index (κ1) is 17.8. The Hall–Kier alpha value is -2.00. The largest absolute Gasteiger partial charge is 0.534 e. The van der Waals surface area contributed by atoms with Crippen molar-refractivity contribution in [3.05, 3.63) is 48.0 Å². The van der Waals surface area contributed by atoms with Crippen LogP contribution in [0.1, 0.15) is 5.56 Å². The Labute approximate surface area is 144 Å². The van der Waals surface area contributed by atoms with Gasteiger partial charge < -0.3 is 8.92 Å². The molecule has 2 aromatic rings. The van der Waals surface area contributed by atoms with Crippen LogP contribution in [-0.4, -0.2) is 22.0 Å². The van der Waals surface area contributed by atoms with Crippen molar-refractivity contribution in [2.45, 2.75) is 25.2 Å². The van der Waals surface area contributed by atoms with Crippen LogP contribution in [0.15, 0.2) is 42.5 Å². The lowest BCUT2D eigenvalue weighted by atomic mass is 10.2. The van der Waals surface area contributed by atoms with Gasteiger partial charge in [0.1, 0.15) is 26.2 Å². The lowest BCUT2D eigenvalue weighted by Gasteiger charge is -2.26. The molecule has 0 atom stereocenters. The summed E-state index contributed by atoms with van der Waals surface area (Å²) in [6.45, 7) is 4.11. The maximum Gasteiger partial charge on any atom is 0.534 e. The zero-order valence-corrected chi connectivity index (χ0v) is 15.2. The van der Waals surface area contributed by atoms with E-state index in [4.69, 9.17) is 4.74 Å². The van der Waals surface area contributed by atoms with E-state index < -0.39 is 23.7 Å². The van der Waals surface area contributed by atoms with Crippen LogP contribution in [0.4, 0.5) is 13.2 Å². The van der Waals surface area contributed by atoms with Crippen molar-refractivity contribution in [2.75, 3.05) is 0 Å². The molecule has 0 fully saturated rings. The summed E-state index contributed by atoms with van der Waals surface area (Å²) < 4.78 is 71.3. The highest BCUT2D eigenvalue weighted by atomic mass is 32.2. The molecular weight excluding hydrogens is 373 g/mol. The van der Waals surface area contributed by atoms with Gasteiger partial charge in [-0.1, -0.05) is 43.4 Å². The van der Waals surface area contributed by atoms with Crippen LogP contribution in [0.2, 0.25) is 13.1 Å². The summed E-state index contributed by atoms with van der Waals surface area (Å²) >= 11 is 0. The zero-order valence-electron chi connectivity index (χ0n) is 13.4. The molecule has 0 amide bonds. The molecule has 0 bridgehead atoms. The molecule has 25 heavy (non-hydrogen) atoms. The third-order valence-electron chi connectivity index (χ3n) is 4.17. The number of ether oxygens (including phenoxy) is 1. The van der Waals surface area contributed by atoms with Crippen LogP contribution >= 0.6 is 0 Å². The predicted molar refractivity (Wildman–Crippen MR) is 89.6 cm³/mol. The lowest BCUT2D eigenvalue weighted by Crippen LogP contribution is -2.54. The van der Waals surface area contributed by atoms with Gasteiger partial charge in [0, 0.05) is 5.19 Å². The summed E-state index contributed by atoms with van der Waals surface area (Å²) in [7, 11) is -8.32. The van der Waals surface area contributed by atoms with Crippen molar-refractivity contribution >= 4 is 28.6 Å². The van der Waals surface area contributed by atoms with Gasteiger partial charge in [-0.3, -0.25) is 0 Å². The fourth-order valence-corrected chi connectivity index (χ4v) is 6.83. The Morgan fingerprint density at radius 1 is 1.08 bits per heavy atom. The van der Waals surface area contributed by atoms with Crippen LogP contribution in [0, 0.1) is 0 Å². The van der Waals surface area contributed by atoms with E-state index in [1.807, 2.05) is 37.4 Å². The summed E-state index contributed by atoms with van der Waals surface area (Å²) in [6.07, 6.45) is 0. The highest BCUT2D eigenvalue weighted by Crippen LogP contribution is 2.31. The van der Waals surface area contributed by atoms with E-state index in [-0.39, 0.29) is 12.4 Å². The Morgan fingerprint density at radius 3 is 2.44 bits per heavy atom. The van der Waals surface area contributed by atoms with Gasteiger partial charge in [0.15, 0.2) is 0 Å². The number of benzene rings is 2. The van der Waals surface area contributed by atoms with Gasteiger partial charge >= 0.3 is 15.6 Å². The molecule has 0 unspecified atom stereocenters. The molecule has 1 heterocycles. The van der Waals surface area contributed by atoms with Crippen molar-refractivity contribution in [2.24, 2.45) is 0 Å². The Balaban J connectivity index is 2.20. The fraction of sp³-hybridized carbons (Fsp3) is 0.250. The zero-order chi connectivity index (χ0) is 18.5. The van der Waals surface area contributed by atoms with Gasteiger partial charge in [0.05, 0.1) is 0 Å². The Kier molecular flexibility index (Phi) is 4.11. The third-order valence-corrected chi connectivity index (χ3v) is 8.71. The Morgan fingerprint density at radius 2 is 1.76 bits per heavy atom. The van der Waals surface area contributed by atoms with Gasteiger partial charge in [0.2, 0.25) is 0 Å². The highest BCUT2D eigenvalue weighted by Gasteiger charge is 2.49. The summed E-state index contributed by atoms with van der Waals surface area (Å²) in [5, 5.41) is 1.36. The monoisotopic (exact) mass is 388 g/mol. The van der Waals surface area contributed by atoms with Crippen LogP contribution < -0.4 is 19.3 Å². The first-order valence-corrected chi connectivity index (χ1v) is 11.8. The van der Waals surface area contributed by atoms with Gasteiger partial charge in [-0.2, -0.15) is 21.6 Å². The molecule has 0 saturated heterocycles. The molecule has 134 valence electrons. The van der Waals surface area contributed by atoms with E-state index in [0.717, 1.165) is 10.8 Å². The number of halogens is 3. The molecule has 3 rings (SSSR count).